The molecule has 0 spiro atoms. The van der Waals surface area contributed by atoms with E-state index in [1.165, 1.54) is 0 Å². The molecule has 0 bridgehead atoms. The van der Waals surface area contributed by atoms with Crippen LogP contribution in [0.5, 0.6) is 0 Å². The molecule has 2 heterocycles. The molecule has 2 rings (SSSR count). The number of rotatable bonds is 3. The van der Waals surface area contributed by atoms with E-state index in [0.717, 1.165) is 26.1 Å². The molecule has 0 saturated carbocycles. The summed E-state index contributed by atoms with van der Waals surface area (Å²) >= 11 is 0. The third-order valence-electron chi connectivity index (χ3n) is 3.11. The van der Waals surface area contributed by atoms with Crippen LogP contribution in [0.1, 0.15) is 12.8 Å². The van der Waals surface area contributed by atoms with Gasteiger partial charge in [-0.2, -0.15) is 0 Å². The van der Waals surface area contributed by atoms with Crippen molar-refractivity contribution in [2.24, 2.45) is 0 Å². The predicted octanol–water partition coefficient (Wildman–Crippen LogP) is -0.151. The third kappa shape index (κ3) is 1.69. The van der Waals surface area contributed by atoms with Gasteiger partial charge in [-0.1, -0.05) is 0 Å². The van der Waals surface area contributed by atoms with E-state index < -0.39 is 5.97 Å². The van der Waals surface area contributed by atoms with Gasteiger partial charge in [-0.15, -0.1) is 0 Å². The van der Waals surface area contributed by atoms with Gasteiger partial charge in [0.05, 0.1) is 6.42 Å². The Labute approximate surface area is 78.1 Å². The highest BCUT2D eigenvalue weighted by atomic mass is 16.4. The Bertz CT molecular complexity index is 214. The number of carboxylic acid groups (broad SMARTS) is 1. The number of hydrogen-bond acceptors (Lipinski definition) is 3. The van der Waals surface area contributed by atoms with Gasteiger partial charge in [0.15, 0.2) is 0 Å². The largest absolute Gasteiger partial charge is 0.481 e. The lowest BCUT2D eigenvalue weighted by molar-refractivity contribution is -0.141. The minimum absolute atomic E-state index is 0.316. The Hall–Kier alpha value is -0.610. The van der Waals surface area contributed by atoms with Crippen LogP contribution in [0.4, 0.5) is 0 Å². The lowest BCUT2D eigenvalue weighted by Crippen LogP contribution is -2.65. The number of likely N-dealkylation sites (tertiary alicyclic amines) is 2. The average molecular weight is 184 g/mol. The molecule has 0 aromatic carbocycles. The number of hydrogen-bond donors (Lipinski definition) is 1. The number of nitrogens with zero attached hydrogens (tertiary/aromatic N) is 2. The monoisotopic (exact) mass is 184 g/mol. The molecule has 2 fully saturated rings. The Balaban J connectivity index is 1.78. The lowest BCUT2D eigenvalue weighted by Gasteiger charge is -2.52. The molecule has 13 heavy (non-hydrogen) atoms. The Morgan fingerprint density at radius 3 is 2.62 bits per heavy atom. The van der Waals surface area contributed by atoms with Crippen molar-refractivity contribution in [1.29, 1.82) is 0 Å². The first kappa shape index (κ1) is 8.97. The highest BCUT2D eigenvalue weighted by Crippen LogP contribution is 2.27. The summed E-state index contributed by atoms with van der Waals surface area (Å²) in [5.74, 6) is -0.664. The summed E-state index contributed by atoms with van der Waals surface area (Å²) in [6.45, 7) is 3.31. The lowest BCUT2D eigenvalue weighted by atomic mass is 9.94. The Morgan fingerprint density at radius 1 is 1.54 bits per heavy atom. The molecule has 2 aliphatic heterocycles. The van der Waals surface area contributed by atoms with Gasteiger partial charge in [0.2, 0.25) is 0 Å². The van der Waals surface area contributed by atoms with E-state index in [1.54, 1.807) is 0 Å². The summed E-state index contributed by atoms with van der Waals surface area (Å²) in [6, 6.07) is 0.944. The number of likely N-dealkylation sites (N-methyl/N-ethyl adjacent to an activating group) is 1. The second-order valence-corrected chi connectivity index (χ2v) is 4.15. The molecule has 1 unspecified atom stereocenters. The van der Waals surface area contributed by atoms with Gasteiger partial charge in [-0.05, 0) is 13.5 Å². The molecule has 2 aliphatic rings. The average Bonchev–Trinajstić information content (AvgIpc) is 1.95. The maximum atomic E-state index is 10.5. The Morgan fingerprint density at radius 2 is 2.23 bits per heavy atom. The summed E-state index contributed by atoms with van der Waals surface area (Å²) in [5, 5.41) is 8.65. The standard InChI is InChI=1S/C9H16N2O2/c1-10-5-8(6-10)11-3-2-7(11)4-9(12)13/h7-8H,2-6H2,1H3,(H,12,13). The van der Waals surface area contributed by atoms with E-state index >= 15 is 0 Å². The van der Waals surface area contributed by atoms with Gasteiger partial charge >= 0.3 is 5.97 Å². The van der Waals surface area contributed by atoms with E-state index in [4.69, 9.17) is 5.11 Å². The van der Waals surface area contributed by atoms with Crippen molar-refractivity contribution in [3.8, 4) is 0 Å². The molecule has 0 aromatic heterocycles. The van der Waals surface area contributed by atoms with E-state index in [0.29, 0.717) is 18.5 Å². The van der Waals surface area contributed by atoms with Crippen LogP contribution >= 0.6 is 0 Å². The smallest absolute Gasteiger partial charge is 0.304 e. The van der Waals surface area contributed by atoms with Crippen LogP contribution in [0.15, 0.2) is 0 Å². The van der Waals surface area contributed by atoms with Crippen molar-refractivity contribution in [3.05, 3.63) is 0 Å². The van der Waals surface area contributed by atoms with Gasteiger partial charge in [0.25, 0.3) is 0 Å². The molecule has 4 heteroatoms. The number of carboxylic acids is 1. The van der Waals surface area contributed by atoms with Gasteiger partial charge < -0.3 is 10.0 Å². The van der Waals surface area contributed by atoms with Crippen molar-refractivity contribution >= 4 is 5.97 Å². The highest BCUT2D eigenvalue weighted by Gasteiger charge is 2.39. The number of carbonyl (C=O) groups is 1. The van der Waals surface area contributed by atoms with Gasteiger partial charge in [-0.25, -0.2) is 0 Å². The van der Waals surface area contributed by atoms with Crippen LogP contribution in [-0.4, -0.2) is 59.6 Å². The molecule has 0 aliphatic carbocycles. The molecular weight excluding hydrogens is 168 g/mol. The SMILES string of the molecule is CN1CC(N2CCC2CC(=O)O)C1. The molecule has 2 saturated heterocycles. The van der Waals surface area contributed by atoms with Crippen molar-refractivity contribution < 1.29 is 9.90 Å². The summed E-state index contributed by atoms with van der Waals surface area (Å²) < 4.78 is 0. The third-order valence-corrected chi connectivity index (χ3v) is 3.11. The van der Waals surface area contributed by atoms with Crippen molar-refractivity contribution in [1.82, 2.24) is 9.80 Å². The first-order valence-corrected chi connectivity index (χ1v) is 4.83. The van der Waals surface area contributed by atoms with Crippen molar-refractivity contribution in [2.45, 2.75) is 24.9 Å². The van der Waals surface area contributed by atoms with E-state index in [-0.39, 0.29) is 0 Å². The van der Waals surface area contributed by atoms with Crippen molar-refractivity contribution in [2.75, 3.05) is 26.7 Å². The summed E-state index contributed by atoms with van der Waals surface area (Å²) in [4.78, 5) is 15.1. The molecule has 1 N–H and O–H groups in total. The minimum Gasteiger partial charge on any atom is -0.481 e. The van der Waals surface area contributed by atoms with E-state index in [2.05, 4.69) is 16.8 Å². The summed E-state index contributed by atoms with van der Waals surface area (Å²) in [5.41, 5.74) is 0. The fourth-order valence-corrected chi connectivity index (χ4v) is 2.24. The van der Waals surface area contributed by atoms with Crippen LogP contribution in [-0.2, 0) is 4.79 Å². The van der Waals surface area contributed by atoms with Crippen LogP contribution in [0.2, 0.25) is 0 Å². The van der Waals surface area contributed by atoms with Gasteiger partial charge in [0, 0.05) is 31.7 Å². The second kappa shape index (κ2) is 3.27. The van der Waals surface area contributed by atoms with Crippen LogP contribution < -0.4 is 0 Å². The maximum absolute atomic E-state index is 10.5. The topological polar surface area (TPSA) is 43.8 Å². The van der Waals surface area contributed by atoms with Crippen LogP contribution in [0, 0.1) is 0 Å². The molecule has 0 aromatic rings. The van der Waals surface area contributed by atoms with Crippen LogP contribution in [0.3, 0.4) is 0 Å². The van der Waals surface area contributed by atoms with E-state index in [9.17, 15) is 4.79 Å². The molecular formula is C9H16N2O2. The molecule has 4 nitrogen and oxygen atoms in total. The molecule has 1 atom stereocenters. The fraction of sp³-hybridized carbons (Fsp3) is 0.889. The van der Waals surface area contributed by atoms with E-state index in [1.807, 2.05) is 0 Å². The zero-order chi connectivity index (χ0) is 9.42. The van der Waals surface area contributed by atoms with Crippen LogP contribution in [0.25, 0.3) is 0 Å². The summed E-state index contributed by atoms with van der Waals surface area (Å²) in [7, 11) is 2.10. The number of aliphatic carboxylic acids is 1. The maximum Gasteiger partial charge on any atom is 0.304 e. The molecule has 0 radical (unpaired) electrons. The second-order valence-electron chi connectivity index (χ2n) is 4.15. The normalized spacial score (nSPS) is 31.0. The fourth-order valence-electron chi connectivity index (χ4n) is 2.24. The highest BCUT2D eigenvalue weighted by molar-refractivity contribution is 5.67. The molecule has 74 valence electrons. The Kier molecular flexibility index (Phi) is 2.26. The van der Waals surface area contributed by atoms with Crippen molar-refractivity contribution in [3.63, 3.8) is 0 Å². The minimum atomic E-state index is -0.664. The quantitative estimate of drug-likeness (QED) is 0.662. The first-order valence-electron chi connectivity index (χ1n) is 4.83. The first-order chi connectivity index (χ1) is 6.16. The zero-order valence-corrected chi connectivity index (χ0v) is 7.94. The van der Waals surface area contributed by atoms with Gasteiger partial charge in [0.1, 0.15) is 0 Å². The molecule has 0 amide bonds. The summed E-state index contributed by atoms with van der Waals surface area (Å²) in [6.07, 6.45) is 1.38. The van der Waals surface area contributed by atoms with Gasteiger partial charge in [-0.3, -0.25) is 9.69 Å². The predicted molar refractivity (Wildman–Crippen MR) is 48.6 cm³/mol. The zero-order valence-electron chi connectivity index (χ0n) is 7.94.